The quantitative estimate of drug-likeness (QED) is 0.320. The van der Waals surface area contributed by atoms with Gasteiger partial charge in [-0.15, -0.1) is 0 Å². The summed E-state index contributed by atoms with van der Waals surface area (Å²) in [5, 5.41) is 1.47. The molecule has 0 N–H and O–H groups in total. The Hall–Kier alpha value is -2.30. The van der Waals surface area contributed by atoms with Gasteiger partial charge in [0.15, 0.2) is 0 Å². The van der Waals surface area contributed by atoms with Gasteiger partial charge in [-0.05, 0) is 48.7 Å². The van der Waals surface area contributed by atoms with Crippen molar-refractivity contribution in [1.29, 1.82) is 0 Å². The molecule has 0 radical (unpaired) electrons. The van der Waals surface area contributed by atoms with Crippen LogP contribution in [0.1, 0.15) is 35.7 Å². The highest BCUT2D eigenvalue weighted by Gasteiger charge is 2.14. The maximum atomic E-state index is 12.3. The number of rotatable bonds is 5. The molecule has 0 fully saturated rings. The number of benzene rings is 2. The minimum Gasteiger partial charge on any atom is -0.423 e. The second-order valence-electron chi connectivity index (χ2n) is 5.87. The highest BCUT2D eigenvalue weighted by Crippen LogP contribution is 2.26. The number of hydrogen-bond donors (Lipinski definition) is 0. The topological polar surface area (TPSA) is 56.5 Å². The van der Waals surface area contributed by atoms with Crippen molar-refractivity contribution < 1.29 is 13.9 Å². The van der Waals surface area contributed by atoms with E-state index in [1.807, 2.05) is 0 Å². The van der Waals surface area contributed by atoms with E-state index in [-0.39, 0.29) is 16.3 Å². The molecule has 0 saturated heterocycles. The molecule has 0 saturated carbocycles. The zero-order valence-corrected chi connectivity index (χ0v) is 15.6. The summed E-state index contributed by atoms with van der Waals surface area (Å²) in [6.07, 6.45) is 2.79. The summed E-state index contributed by atoms with van der Waals surface area (Å²) in [6.45, 7) is 2.09. The SMILES string of the molecule is CCCCc1cc(=O)oc2cc(OC(=O)c3ccc(Cl)cc3Cl)ccc12. The van der Waals surface area contributed by atoms with Crippen LogP contribution in [0.15, 0.2) is 51.7 Å². The Balaban J connectivity index is 1.91. The lowest BCUT2D eigenvalue weighted by Crippen LogP contribution is -2.09. The first-order valence-electron chi connectivity index (χ1n) is 8.22. The fraction of sp³-hybridized carbons (Fsp3) is 0.200. The van der Waals surface area contributed by atoms with Crippen LogP contribution in [-0.4, -0.2) is 5.97 Å². The predicted octanol–water partition coefficient (Wildman–Crippen LogP) is 5.66. The molecule has 2 aromatic carbocycles. The Labute approximate surface area is 160 Å². The van der Waals surface area contributed by atoms with Crippen molar-refractivity contribution in [1.82, 2.24) is 0 Å². The number of carbonyl (C=O) groups is 1. The van der Waals surface area contributed by atoms with E-state index in [0.717, 1.165) is 30.2 Å². The van der Waals surface area contributed by atoms with Gasteiger partial charge in [0.25, 0.3) is 0 Å². The fourth-order valence-electron chi connectivity index (χ4n) is 2.66. The summed E-state index contributed by atoms with van der Waals surface area (Å²) >= 11 is 11.9. The predicted molar refractivity (Wildman–Crippen MR) is 103 cm³/mol. The third-order valence-corrected chi connectivity index (χ3v) is 4.51. The zero-order chi connectivity index (χ0) is 18.7. The first-order valence-corrected chi connectivity index (χ1v) is 8.97. The van der Waals surface area contributed by atoms with Crippen molar-refractivity contribution in [2.75, 3.05) is 0 Å². The second kappa shape index (κ2) is 7.94. The van der Waals surface area contributed by atoms with Crippen molar-refractivity contribution in [3.05, 3.63) is 74.1 Å². The maximum absolute atomic E-state index is 12.3. The maximum Gasteiger partial charge on any atom is 0.345 e. The number of ether oxygens (including phenoxy) is 1. The molecule has 4 nitrogen and oxygen atoms in total. The largest absolute Gasteiger partial charge is 0.423 e. The molecule has 1 aromatic heterocycles. The Bertz CT molecular complexity index is 1020. The first-order chi connectivity index (χ1) is 12.5. The lowest BCUT2D eigenvalue weighted by molar-refractivity contribution is 0.0735. The van der Waals surface area contributed by atoms with E-state index in [2.05, 4.69) is 6.92 Å². The number of halogens is 2. The highest BCUT2D eigenvalue weighted by molar-refractivity contribution is 6.36. The van der Waals surface area contributed by atoms with Crippen molar-refractivity contribution in [2.24, 2.45) is 0 Å². The third kappa shape index (κ3) is 4.09. The second-order valence-corrected chi connectivity index (χ2v) is 6.71. The van der Waals surface area contributed by atoms with E-state index in [0.29, 0.717) is 10.6 Å². The van der Waals surface area contributed by atoms with Crippen LogP contribution in [0.3, 0.4) is 0 Å². The van der Waals surface area contributed by atoms with Crippen LogP contribution >= 0.6 is 23.2 Å². The number of esters is 1. The van der Waals surface area contributed by atoms with Crippen LogP contribution in [0.5, 0.6) is 5.75 Å². The number of unbranched alkanes of at least 4 members (excludes halogenated alkanes) is 1. The number of carbonyl (C=O) groups excluding carboxylic acids is 1. The summed E-state index contributed by atoms with van der Waals surface area (Å²) < 4.78 is 10.6. The molecule has 0 bridgehead atoms. The Morgan fingerprint density at radius 2 is 1.92 bits per heavy atom. The summed E-state index contributed by atoms with van der Waals surface area (Å²) in [7, 11) is 0. The van der Waals surface area contributed by atoms with Crippen LogP contribution in [0.25, 0.3) is 11.0 Å². The standard InChI is InChI=1S/C20H16Cl2O4/c1-2-3-4-12-9-19(23)26-18-11-14(6-8-15(12)18)25-20(24)16-7-5-13(21)10-17(16)22/h5-11H,2-4H2,1H3. The van der Waals surface area contributed by atoms with Crippen molar-refractivity contribution in [3.8, 4) is 5.75 Å². The van der Waals surface area contributed by atoms with Crippen molar-refractivity contribution in [2.45, 2.75) is 26.2 Å². The van der Waals surface area contributed by atoms with E-state index < -0.39 is 11.6 Å². The highest BCUT2D eigenvalue weighted by atomic mass is 35.5. The molecule has 3 rings (SSSR count). The first kappa shape index (κ1) is 18.5. The minimum atomic E-state index is -0.615. The van der Waals surface area contributed by atoms with Crippen LogP contribution in [0, 0.1) is 0 Å². The third-order valence-electron chi connectivity index (χ3n) is 3.96. The molecule has 134 valence electrons. The van der Waals surface area contributed by atoms with E-state index in [4.69, 9.17) is 32.4 Å². The van der Waals surface area contributed by atoms with Crippen LogP contribution < -0.4 is 10.4 Å². The van der Waals surface area contributed by atoms with Gasteiger partial charge >= 0.3 is 11.6 Å². The van der Waals surface area contributed by atoms with Gasteiger partial charge in [0.1, 0.15) is 11.3 Å². The van der Waals surface area contributed by atoms with Gasteiger partial charge in [0.05, 0.1) is 10.6 Å². The molecule has 0 aliphatic heterocycles. The molecule has 0 aliphatic carbocycles. The number of hydrogen-bond acceptors (Lipinski definition) is 4. The summed E-state index contributed by atoms with van der Waals surface area (Å²) in [6, 6.07) is 11.0. The van der Waals surface area contributed by atoms with Gasteiger partial charge in [0, 0.05) is 22.5 Å². The summed E-state index contributed by atoms with van der Waals surface area (Å²) in [5.74, 6) is -0.347. The Morgan fingerprint density at radius 3 is 2.65 bits per heavy atom. The van der Waals surface area contributed by atoms with Crippen LogP contribution in [0.2, 0.25) is 10.0 Å². The van der Waals surface area contributed by atoms with Crippen molar-refractivity contribution in [3.63, 3.8) is 0 Å². The number of fused-ring (bicyclic) bond motifs is 1. The Kier molecular flexibility index (Phi) is 5.64. The zero-order valence-electron chi connectivity index (χ0n) is 14.1. The summed E-state index contributed by atoms with van der Waals surface area (Å²) in [5.41, 5.74) is 1.09. The van der Waals surface area contributed by atoms with Crippen LogP contribution in [-0.2, 0) is 6.42 Å². The van der Waals surface area contributed by atoms with E-state index >= 15 is 0 Å². The lowest BCUT2D eigenvalue weighted by Gasteiger charge is -2.08. The normalized spacial score (nSPS) is 10.9. The van der Waals surface area contributed by atoms with Crippen LogP contribution in [0.4, 0.5) is 0 Å². The average Bonchev–Trinajstić information content (AvgIpc) is 2.59. The van der Waals surface area contributed by atoms with Gasteiger partial charge in [-0.2, -0.15) is 0 Å². The average molecular weight is 391 g/mol. The molecule has 0 aliphatic rings. The smallest absolute Gasteiger partial charge is 0.345 e. The Morgan fingerprint density at radius 1 is 1.12 bits per heavy atom. The van der Waals surface area contributed by atoms with Gasteiger partial charge < -0.3 is 9.15 Å². The molecule has 0 amide bonds. The molecule has 0 spiro atoms. The molecule has 0 unspecified atom stereocenters. The molecule has 0 atom stereocenters. The summed E-state index contributed by atoms with van der Waals surface area (Å²) in [4.78, 5) is 24.1. The van der Waals surface area contributed by atoms with Crippen molar-refractivity contribution >= 4 is 40.1 Å². The van der Waals surface area contributed by atoms with E-state index in [9.17, 15) is 9.59 Å². The fourth-order valence-corrected chi connectivity index (χ4v) is 3.15. The molecular formula is C20H16Cl2O4. The molecule has 3 aromatic rings. The van der Waals surface area contributed by atoms with Gasteiger partial charge in [-0.3, -0.25) is 0 Å². The van der Waals surface area contributed by atoms with Gasteiger partial charge in [-0.25, -0.2) is 9.59 Å². The monoisotopic (exact) mass is 390 g/mol. The lowest BCUT2D eigenvalue weighted by atomic mass is 10.0. The van der Waals surface area contributed by atoms with E-state index in [1.165, 1.54) is 24.3 Å². The molecule has 1 heterocycles. The number of aryl methyl sites for hydroxylation is 1. The molecule has 6 heteroatoms. The molecular weight excluding hydrogens is 375 g/mol. The van der Waals surface area contributed by atoms with Gasteiger partial charge in [0.2, 0.25) is 0 Å². The minimum absolute atomic E-state index is 0.203. The van der Waals surface area contributed by atoms with E-state index in [1.54, 1.807) is 18.2 Å². The molecule has 26 heavy (non-hydrogen) atoms. The van der Waals surface area contributed by atoms with Gasteiger partial charge in [-0.1, -0.05) is 36.5 Å².